The molecule has 0 unspecified atom stereocenters. The number of rotatable bonds is 6. The van der Waals surface area contributed by atoms with E-state index in [1.807, 2.05) is 0 Å². The van der Waals surface area contributed by atoms with Crippen LogP contribution in [0.15, 0.2) is 36.4 Å². The number of hydrogen-bond donors (Lipinski definition) is 0. The van der Waals surface area contributed by atoms with Crippen molar-refractivity contribution >= 4 is 35.4 Å². The van der Waals surface area contributed by atoms with Crippen LogP contribution in [0.1, 0.15) is 38.1 Å². The van der Waals surface area contributed by atoms with E-state index in [2.05, 4.69) is 0 Å². The topological polar surface area (TPSA) is 126 Å². The molecule has 3 aliphatic heterocycles. The molecule has 174 valence electrons. The Morgan fingerprint density at radius 2 is 1.58 bits per heavy atom. The summed E-state index contributed by atoms with van der Waals surface area (Å²) in [7, 11) is 0. The fraction of sp³-hybridized carbons (Fsp3) is 0.435. The van der Waals surface area contributed by atoms with Gasteiger partial charge in [-0.25, -0.2) is 9.69 Å². The molecule has 10 heteroatoms. The molecule has 4 rings (SSSR count). The summed E-state index contributed by atoms with van der Waals surface area (Å²) in [5, 5.41) is 0. The number of hydrogen-bond acceptors (Lipinski definition) is 9. The molecule has 2 fully saturated rings. The highest BCUT2D eigenvalue weighted by Crippen LogP contribution is 2.59. The van der Waals surface area contributed by atoms with Gasteiger partial charge >= 0.3 is 17.9 Å². The molecule has 2 saturated heterocycles. The number of nitrogens with zero attached hydrogens (tertiary/aromatic N) is 1. The molecule has 3 heterocycles. The maximum absolute atomic E-state index is 13.6. The van der Waals surface area contributed by atoms with Crippen molar-refractivity contribution in [1.82, 2.24) is 0 Å². The lowest BCUT2D eigenvalue weighted by atomic mass is 9.72. The summed E-state index contributed by atoms with van der Waals surface area (Å²) in [6, 6.07) is 5.88. The van der Waals surface area contributed by atoms with E-state index in [4.69, 9.17) is 18.9 Å². The van der Waals surface area contributed by atoms with Gasteiger partial charge < -0.3 is 18.9 Å². The second-order valence-corrected chi connectivity index (χ2v) is 8.26. The third-order valence-electron chi connectivity index (χ3n) is 6.03. The van der Waals surface area contributed by atoms with Crippen LogP contribution < -0.4 is 4.90 Å². The number of anilines is 1. The molecule has 2 bridgehead atoms. The highest BCUT2D eigenvalue weighted by Gasteiger charge is 2.75. The van der Waals surface area contributed by atoms with Gasteiger partial charge in [0.25, 0.3) is 6.29 Å². The molecule has 0 spiro atoms. The van der Waals surface area contributed by atoms with E-state index >= 15 is 0 Å². The lowest BCUT2D eigenvalue weighted by molar-refractivity contribution is -0.231. The monoisotopic (exact) mass is 457 g/mol. The molecular formula is C23H23NO9. The fourth-order valence-corrected chi connectivity index (χ4v) is 4.78. The second-order valence-electron chi connectivity index (χ2n) is 8.26. The van der Waals surface area contributed by atoms with E-state index in [1.165, 1.54) is 30.3 Å². The van der Waals surface area contributed by atoms with Gasteiger partial charge in [0, 0.05) is 13.8 Å². The number of imide groups is 1. The Hall–Kier alpha value is -3.53. The number of benzene rings is 1. The third kappa shape index (κ3) is 3.41. The molecule has 10 nitrogen and oxygen atoms in total. The molecule has 33 heavy (non-hydrogen) atoms. The number of carbonyl (C=O) groups excluding carboxylic acids is 5. The average Bonchev–Trinajstić information content (AvgIpc) is 3.33. The molecule has 0 aromatic heterocycles. The van der Waals surface area contributed by atoms with Crippen molar-refractivity contribution < 1.29 is 42.9 Å². The van der Waals surface area contributed by atoms with Gasteiger partial charge in [-0.05, 0) is 44.2 Å². The first-order valence-electron chi connectivity index (χ1n) is 10.4. The smallest absolute Gasteiger partial charge is 0.338 e. The summed E-state index contributed by atoms with van der Waals surface area (Å²) in [5.41, 5.74) is -2.28. The summed E-state index contributed by atoms with van der Waals surface area (Å²) >= 11 is 0. The predicted molar refractivity (Wildman–Crippen MR) is 111 cm³/mol. The Labute approximate surface area is 189 Å². The van der Waals surface area contributed by atoms with Crippen LogP contribution >= 0.6 is 0 Å². The maximum Gasteiger partial charge on any atom is 0.338 e. The molecule has 0 saturated carbocycles. The Morgan fingerprint density at radius 1 is 1.00 bits per heavy atom. The first-order valence-corrected chi connectivity index (χ1v) is 10.4. The number of carbonyl (C=O) groups is 5. The SMILES string of the molecule is CCOC(=O)c1ccc(N2C(=O)[C@H]3[C@H](C2=O)[C@]2(C(OC(C)=O)OC(C)=O)C=C[C@]3(C)O2)cc1. The minimum absolute atomic E-state index is 0.215. The van der Waals surface area contributed by atoms with E-state index < -0.39 is 59.1 Å². The van der Waals surface area contributed by atoms with Crippen molar-refractivity contribution in [2.24, 2.45) is 11.8 Å². The maximum atomic E-state index is 13.6. The molecule has 0 N–H and O–H groups in total. The Bertz CT molecular complexity index is 1060. The van der Waals surface area contributed by atoms with Crippen LogP contribution in [0.3, 0.4) is 0 Å². The lowest BCUT2D eigenvalue weighted by Gasteiger charge is -2.34. The van der Waals surface area contributed by atoms with Crippen molar-refractivity contribution in [3.8, 4) is 0 Å². The van der Waals surface area contributed by atoms with Crippen molar-refractivity contribution in [3.63, 3.8) is 0 Å². The van der Waals surface area contributed by atoms with Crippen LogP contribution in [0.25, 0.3) is 0 Å². The summed E-state index contributed by atoms with van der Waals surface area (Å²) in [6.45, 7) is 5.82. The summed E-state index contributed by atoms with van der Waals surface area (Å²) in [4.78, 5) is 63.3. The Balaban J connectivity index is 1.71. The zero-order valence-corrected chi connectivity index (χ0v) is 18.5. The summed E-state index contributed by atoms with van der Waals surface area (Å²) < 4.78 is 21.5. The van der Waals surface area contributed by atoms with Gasteiger partial charge in [0.2, 0.25) is 11.8 Å². The number of amides is 2. The molecule has 3 aliphatic rings. The number of ether oxygens (including phenoxy) is 4. The van der Waals surface area contributed by atoms with Gasteiger partial charge in [0.1, 0.15) is 0 Å². The Kier molecular flexibility index (Phi) is 5.36. The van der Waals surface area contributed by atoms with Gasteiger partial charge in [0.15, 0.2) is 5.60 Å². The molecular weight excluding hydrogens is 434 g/mol. The molecule has 0 radical (unpaired) electrons. The highest BCUT2D eigenvalue weighted by atomic mass is 16.7. The minimum atomic E-state index is -1.65. The van der Waals surface area contributed by atoms with E-state index in [0.717, 1.165) is 18.7 Å². The normalized spacial score (nSPS) is 29.4. The molecule has 2 amide bonds. The van der Waals surface area contributed by atoms with E-state index in [0.29, 0.717) is 0 Å². The minimum Gasteiger partial charge on any atom is -0.462 e. The van der Waals surface area contributed by atoms with Crippen molar-refractivity contribution in [1.29, 1.82) is 0 Å². The largest absolute Gasteiger partial charge is 0.462 e. The van der Waals surface area contributed by atoms with Gasteiger partial charge in [-0.1, -0.05) is 6.08 Å². The fourth-order valence-electron chi connectivity index (χ4n) is 4.78. The van der Waals surface area contributed by atoms with Crippen LogP contribution in [-0.2, 0) is 38.1 Å². The molecule has 4 atom stereocenters. The predicted octanol–water partition coefficient (Wildman–Crippen LogP) is 1.52. The van der Waals surface area contributed by atoms with Gasteiger partial charge in [-0.15, -0.1) is 0 Å². The molecule has 1 aromatic rings. The number of esters is 3. The van der Waals surface area contributed by atoms with Gasteiger partial charge in [-0.3, -0.25) is 19.2 Å². The standard InChI is InChI=1S/C23H23NO9/c1-5-30-20(29)14-6-8-15(9-7-14)24-18(27)16-17(19(24)28)23(11-10-22(16,4)33-23)21(31-12(2)25)32-13(3)26/h6-11,16-17,21H,5H2,1-4H3/t16-,17-,22+,23+/m1/s1. The van der Waals surface area contributed by atoms with Crippen molar-refractivity contribution in [3.05, 3.63) is 42.0 Å². The summed E-state index contributed by atoms with van der Waals surface area (Å²) in [5.74, 6) is -5.12. The van der Waals surface area contributed by atoms with Crippen LogP contribution in [0.5, 0.6) is 0 Å². The van der Waals surface area contributed by atoms with Crippen molar-refractivity contribution in [2.45, 2.75) is 45.2 Å². The first-order chi connectivity index (χ1) is 15.5. The van der Waals surface area contributed by atoms with E-state index in [9.17, 15) is 24.0 Å². The third-order valence-corrected chi connectivity index (χ3v) is 6.03. The Morgan fingerprint density at radius 3 is 2.12 bits per heavy atom. The lowest BCUT2D eigenvalue weighted by Crippen LogP contribution is -2.52. The van der Waals surface area contributed by atoms with Crippen LogP contribution in [-0.4, -0.2) is 53.8 Å². The number of fused-ring (bicyclic) bond motifs is 5. The average molecular weight is 457 g/mol. The zero-order chi connectivity index (χ0) is 24.1. The molecule has 1 aromatic carbocycles. The first kappa shape index (κ1) is 22.7. The molecule has 0 aliphatic carbocycles. The van der Waals surface area contributed by atoms with E-state index in [1.54, 1.807) is 19.9 Å². The summed E-state index contributed by atoms with van der Waals surface area (Å²) in [6.07, 6.45) is 1.58. The van der Waals surface area contributed by atoms with Crippen molar-refractivity contribution in [2.75, 3.05) is 11.5 Å². The quantitative estimate of drug-likeness (QED) is 0.270. The van der Waals surface area contributed by atoms with Gasteiger partial charge in [0.05, 0.1) is 35.3 Å². The van der Waals surface area contributed by atoms with Crippen LogP contribution in [0.4, 0.5) is 5.69 Å². The highest BCUT2D eigenvalue weighted by molar-refractivity contribution is 6.23. The second kappa shape index (κ2) is 7.80. The van der Waals surface area contributed by atoms with Crippen LogP contribution in [0, 0.1) is 11.8 Å². The zero-order valence-electron chi connectivity index (χ0n) is 18.5. The van der Waals surface area contributed by atoms with E-state index in [-0.39, 0.29) is 17.9 Å². The van der Waals surface area contributed by atoms with Gasteiger partial charge in [-0.2, -0.15) is 0 Å². The van der Waals surface area contributed by atoms with Crippen LogP contribution in [0.2, 0.25) is 0 Å².